The minimum absolute atomic E-state index is 0.0854. The average molecular weight is 408 g/mol. The molecule has 0 fully saturated rings. The van der Waals surface area contributed by atoms with Gasteiger partial charge in [-0.3, -0.25) is 9.59 Å². The van der Waals surface area contributed by atoms with Crippen molar-refractivity contribution in [3.63, 3.8) is 0 Å². The molecule has 0 atom stereocenters. The maximum Gasteiger partial charge on any atom is 0.261 e. The molecule has 152 valence electrons. The van der Waals surface area contributed by atoms with Gasteiger partial charge in [-0.05, 0) is 48.0 Å². The number of benzene rings is 3. The van der Waals surface area contributed by atoms with Gasteiger partial charge in [-0.25, -0.2) is 8.78 Å². The molecule has 5 nitrogen and oxygen atoms in total. The monoisotopic (exact) mass is 408 g/mol. The van der Waals surface area contributed by atoms with E-state index in [4.69, 9.17) is 4.74 Å². The van der Waals surface area contributed by atoms with E-state index >= 15 is 0 Å². The van der Waals surface area contributed by atoms with Crippen LogP contribution in [0.4, 0.5) is 20.2 Å². The first-order chi connectivity index (χ1) is 14.5. The zero-order valence-electron chi connectivity index (χ0n) is 16.0. The maximum atomic E-state index is 13.9. The van der Waals surface area contributed by atoms with E-state index in [0.29, 0.717) is 11.3 Å². The van der Waals surface area contributed by atoms with Crippen molar-refractivity contribution in [2.75, 3.05) is 17.7 Å². The zero-order chi connectivity index (χ0) is 21.5. The predicted octanol–water partition coefficient (Wildman–Crippen LogP) is 4.63. The van der Waals surface area contributed by atoms with Crippen LogP contribution in [0.15, 0.2) is 78.4 Å². The second-order valence-corrected chi connectivity index (χ2v) is 6.20. The first-order valence-electron chi connectivity index (χ1n) is 8.95. The van der Waals surface area contributed by atoms with Gasteiger partial charge in [0, 0.05) is 0 Å². The van der Waals surface area contributed by atoms with Crippen LogP contribution in [-0.2, 0) is 9.59 Å². The Kier molecular flexibility index (Phi) is 6.54. The number of hydrogen-bond donors (Lipinski definition) is 2. The number of hydrogen-bond acceptors (Lipinski definition) is 3. The molecule has 0 aliphatic rings. The molecule has 30 heavy (non-hydrogen) atoms. The summed E-state index contributed by atoms with van der Waals surface area (Å²) in [5, 5.41) is 4.74. The van der Waals surface area contributed by atoms with Gasteiger partial charge in [0.05, 0.1) is 18.5 Å². The summed E-state index contributed by atoms with van der Waals surface area (Å²) in [6.07, 6.45) is 1.31. The van der Waals surface area contributed by atoms with Gasteiger partial charge in [0.1, 0.15) is 23.0 Å². The lowest BCUT2D eigenvalue weighted by molar-refractivity contribution is -0.118. The standard InChI is InChI=1S/C23H18F2N2O3/c1-30-16-8-6-7-15(13-16)14-17(22(28)26-20-11-4-2-9-18(20)24)23(29)27-21-12-5-3-10-19(21)25/h2-14H,1H3,(H,26,28)(H,27,29). The van der Waals surface area contributed by atoms with Crippen LogP contribution in [0.3, 0.4) is 0 Å². The van der Waals surface area contributed by atoms with Crippen LogP contribution in [0.25, 0.3) is 6.08 Å². The van der Waals surface area contributed by atoms with E-state index in [0.717, 1.165) is 0 Å². The molecule has 0 saturated carbocycles. The average Bonchev–Trinajstić information content (AvgIpc) is 2.75. The molecule has 2 amide bonds. The van der Waals surface area contributed by atoms with E-state index in [-0.39, 0.29) is 16.9 Å². The van der Waals surface area contributed by atoms with Gasteiger partial charge in [0.25, 0.3) is 11.8 Å². The summed E-state index contributed by atoms with van der Waals surface area (Å²) in [6, 6.07) is 17.8. The zero-order valence-corrected chi connectivity index (χ0v) is 16.0. The SMILES string of the molecule is COc1cccc(C=C(C(=O)Nc2ccccc2F)C(=O)Nc2ccccc2F)c1. The Morgan fingerprint density at radius 3 is 1.83 bits per heavy atom. The third-order valence-corrected chi connectivity index (χ3v) is 4.14. The van der Waals surface area contributed by atoms with Gasteiger partial charge in [-0.1, -0.05) is 36.4 Å². The van der Waals surface area contributed by atoms with Crippen LogP contribution in [-0.4, -0.2) is 18.9 Å². The molecule has 0 heterocycles. The third kappa shape index (κ3) is 5.08. The number of para-hydroxylation sites is 2. The summed E-state index contributed by atoms with van der Waals surface area (Å²) >= 11 is 0. The van der Waals surface area contributed by atoms with E-state index in [1.807, 2.05) is 0 Å². The number of methoxy groups -OCH3 is 1. The number of rotatable bonds is 6. The van der Waals surface area contributed by atoms with E-state index < -0.39 is 23.4 Å². The van der Waals surface area contributed by atoms with E-state index in [2.05, 4.69) is 10.6 Å². The van der Waals surface area contributed by atoms with Gasteiger partial charge in [0.15, 0.2) is 0 Å². The number of amides is 2. The van der Waals surface area contributed by atoms with Crippen molar-refractivity contribution in [2.45, 2.75) is 0 Å². The summed E-state index contributed by atoms with van der Waals surface area (Å²) in [6.45, 7) is 0. The van der Waals surface area contributed by atoms with Gasteiger partial charge in [-0.2, -0.15) is 0 Å². The molecule has 0 aliphatic carbocycles. The summed E-state index contributed by atoms with van der Waals surface area (Å²) < 4.78 is 33.0. The molecule has 3 aromatic carbocycles. The molecule has 3 aromatic rings. The number of ether oxygens (including phenoxy) is 1. The molecular weight excluding hydrogens is 390 g/mol. The Bertz CT molecular complexity index is 1050. The van der Waals surface area contributed by atoms with Gasteiger partial charge >= 0.3 is 0 Å². The van der Waals surface area contributed by atoms with E-state index in [1.54, 1.807) is 36.4 Å². The fourth-order valence-corrected chi connectivity index (χ4v) is 2.64. The highest BCUT2D eigenvalue weighted by Crippen LogP contribution is 2.20. The van der Waals surface area contributed by atoms with Crippen molar-refractivity contribution in [1.29, 1.82) is 0 Å². The van der Waals surface area contributed by atoms with Crippen LogP contribution in [0.1, 0.15) is 5.56 Å². The van der Waals surface area contributed by atoms with Crippen LogP contribution < -0.4 is 15.4 Å². The highest BCUT2D eigenvalue weighted by Gasteiger charge is 2.21. The summed E-state index contributed by atoms with van der Waals surface area (Å²) in [7, 11) is 1.49. The Morgan fingerprint density at radius 2 is 1.33 bits per heavy atom. The normalized spacial score (nSPS) is 10.1. The Labute approximate surface area is 172 Å². The smallest absolute Gasteiger partial charge is 0.261 e. The molecule has 0 bridgehead atoms. The molecule has 2 N–H and O–H groups in total. The lowest BCUT2D eigenvalue weighted by Gasteiger charge is -2.11. The molecule has 0 aromatic heterocycles. The number of halogens is 2. The van der Waals surface area contributed by atoms with Crippen molar-refractivity contribution in [1.82, 2.24) is 0 Å². The molecule has 0 radical (unpaired) electrons. The Balaban J connectivity index is 1.96. The third-order valence-electron chi connectivity index (χ3n) is 4.14. The molecule has 3 rings (SSSR count). The molecule has 0 aliphatic heterocycles. The quantitative estimate of drug-likeness (QED) is 0.355. The Hall–Kier alpha value is -4.00. The second kappa shape index (κ2) is 9.47. The molecule has 0 spiro atoms. The van der Waals surface area contributed by atoms with Crippen LogP contribution in [0.5, 0.6) is 5.75 Å². The highest BCUT2D eigenvalue weighted by atomic mass is 19.1. The summed E-state index contributed by atoms with van der Waals surface area (Å²) in [5.74, 6) is -2.48. The van der Waals surface area contributed by atoms with Crippen molar-refractivity contribution in [2.24, 2.45) is 0 Å². The minimum Gasteiger partial charge on any atom is -0.497 e. The van der Waals surface area contributed by atoms with E-state index in [9.17, 15) is 18.4 Å². The lowest BCUT2D eigenvalue weighted by atomic mass is 10.1. The number of carbonyl (C=O) groups is 2. The summed E-state index contributed by atoms with van der Waals surface area (Å²) in [4.78, 5) is 25.6. The van der Waals surface area contributed by atoms with Crippen molar-refractivity contribution in [3.05, 3.63) is 95.6 Å². The van der Waals surface area contributed by atoms with E-state index in [1.165, 1.54) is 49.6 Å². The lowest BCUT2D eigenvalue weighted by Crippen LogP contribution is -2.26. The maximum absolute atomic E-state index is 13.9. The van der Waals surface area contributed by atoms with Crippen molar-refractivity contribution in [3.8, 4) is 5.75 Å². The fraction of sp³-hybridized carbons (Fsp3) is 0.0435. The summed E-state index contributed by atoms with van der Waals surface area (Å²) in [5.41, 5.74) is -0.0121. The molecular formula is C23H18F2N2O3. The first-order valence-corrected chi connectivity index (χ1v) is 8.95. The molecule has 7 heteroatoms. The van der Waals surface area contributed by atoms with Crippen LogP contribution >= 0.6 is 0 Å². The van der Waals surface area contributed by atoms with Gasteiger partial charge in [-0.15, -0.1) is 0 Å². The van der Waals surface area contributed by atoms with Crippen molar-refractivity contribution >= 4 is 29.3 Å². The fourth-order valence-electron chi connectivity index (χ4n) is 2.64. The van der Waals surface area contributed by atoms with Crippen molar-refractivity contribution < 1.29 is 23.1 Å². The van der Waals surface area contributed by atoms with Gasteiger partial charge in [0.2, 0.25) is 0 Å². The number of nitrogens with one attached hydrogen (secondary N) is 2. The van der Waals surface area contributed by atoms with Crippen LogP contribution in [0.2, 0.25) is 0 Å². The number of anilines is 2. The number of carbonyl (C=O) groups excluding carboxylic acids is 2. The largest absolute Gasteiger partial charge is 0.497 e. The van der Waals surface area contributed by atoms with Crippen LogP contribution in [0, 0.1) is 11.6 Å². The molecule has 0 saturated heterocycles. The highest BCUT2D eigenvalue weighted by molar-refractivity contribution is 6.28. The topological polar surface area (TPSA) is 67.4 Å². The molecule has 0 unspecified atom stereocenters. The van der Waals surface area contributed by atoms with Gasteiger partial charge < -0.3 is 15.4 Å². The minimum atomic E-state index is -0.850. The first kappa shape index (κ1) is 20.7. The second-order valence-electron chi connectivity index (χ2n) is 6.20. The predicted molar refractivity (Wildman–Crippen MR) is 111 cm³/mol. The Morgan fingerprint density at radius 1 is 0.800 bits per heavy atom.